The molecule has 156 valence electrons. The maximum Gasteiger partial charge on any atom is 0.327 e. The number of carboxylic acids is 2. The quantitative estimate of drug-likeness (QED) is 0.656. The summed E-state index contributed by atoms with van der Waals surface area (Å²) in [6.07, 6.45) is 5.90. The fourth-order valence-electron chi connectivity index (χ4n) is 3.92. The molecule has 1 heterocycles. The molecule has 0 saturated heterocycles. The first kappa shape index (κ1) is 20.8. The summed E-state index contributed by atoms with van der Waals surface area (Å²) >= 11 is 0. The van der Waals surface area contributed by atoms with Crippen molar-refractivity contribution in [3.05, 3.63) is 30.0 Å². The second kappa shape index (κ2) is 8.23. The standard InChI is InChI=1S/C21H27N3O5/c1-21(2,20(28)29)17(19(26)27)22-18(25)16-14-10-6-7-11-15(14)24(23-16)12-13-8-4-3-5-9-13/h6-7,10-11,13,17H,3-5,8-9,12H2,1-2H3,(H,22,25)(H,26,27)(H,28,29)/t17-/m1/s1. The van der Waals surface area contributed by atoms with Gasteiger partial charge >= 0.3 is 11.9 Å². The monoisotopic (exact) mass is 401 g/mol. The van der Waals surface area contributed by atoms with E-state index in [9.17, 15) is 24.6 Å². The summed E-state index contributed by atoms with van der Waals surface area (Å²) < 4.78 is 1.82. The van der Waals surface area contributed by atoms with E-state index in [2.05, 4.69) is 10.4 Å². The fraction of sp³-hybridized carbons (Fsp3) is 0.524. The minimum absolute atomic E-state index is 0.115. The van der Waals surface area contributed by atoms with E-state index in [0.29, 0.717) is 17.8 Å². The number of carbonyl (C=O) groups excluding carboxylic acids is 1. The van der Waals surface area contributed by atoms with Crippen LogP contribution in [-0.2, 0) is 16.1 Å². The second-order valence-electron chi connectivity index (χ2n) is 8.32. The van der Waals surface area contributed by atoms with E-state index in [1.807, 2.05) is 16.8 Å². The first-order valence-corrected chi connectivity index (χ1v) is 9.94. The first-order valence-electron chi connectivity index (χ1n) is 9.94. The number of nitrogens with one attached hydrogen (secondary N) is 1. The Morgan fingerprint density at radius 3 is 2.45 bits per heavy atom. The minimum Gasteiger partial charge on any atom is -0.481 e. The van der Waals surface area contributed by atoms with Gasteiger partial charge in [0.1, 0.15) is 6.04 Å². The maximum absolute atomic E-state index is 12.9. The van der Waals surface area contributed by atoms with Crippen LogP contribution in [0.3, 0.4) is 0 Å². The number of para-hydroxylation sites is 1. The molecule has 1 aromatic carbocycles. The molecule has 2 aromatic rings. The van der Waals surface area contributed by atoms with Crippen LogP contribution in [0, 0.1) is 11.3 Å². The Morgan fingerprint density at radius 2 is 1.83 bits per heavy atom. The molecule has 0 radical (unpaired) electrons. The molecule has 0 bridgehead atoms. The number of hydrogen-bond acceptors (Lipinski definition) is 4. The van der Waals surface area contributed by atoms with Gasteiger partial charge < -0.3 is 15.5 Å². The zero-order valence-electron chi connectivity index (χ0n) is 16.7. The van der Waals surface area contributed by atoms with Crippen LogP contribution in [-0.4, -0.2) is 43.9 Å². The van der Waals surface area contributed by atoms with Crippen LogP contribution in [0.15, 0.2) is 24.3 Å². The number of carboxylic acid groups (broad SMARTS) is 2. The minimum atomic E-state index is -1.68. The van der Waals surface area contributed by atoms with Crippen molar-refractivity contribution in [2.24, 2.45) is 11.3 Å². The predicted molar refractivity (Wildman–Crippen MR) is 107 cm³/mol. The van der Waals surface area contributed by atoms with Crippen molar-refractivity contribution in [2.45, 2.75) is 58.5 Å². The van der Waals surface area contributed by atoms with Gasteiger partial charge in [-0.15, -0.1) is 0 Å². The van der Waals surface area contributed by atoms with E-state index >= 15 is 0 Å². The van der Waals surface area contributed by atoms with Gasteiger partial charge in [0.25, 0.3) is 5.91 Å². The number of rotatable bonds is 7. The molecule has 3 N–H and O–H groups in total. The van der Waals surface area contributed by atoms with Gasteiger partial charge in [0.05, 0.1) is 10.9 Å². The summed E-state index contributed by atoms with van der Waals surface area (Å²) in [5.74, 6) is -2.90. The lowest BCUT2D eigenvalue weighted by Crippen LogP contribution is -2.53. The van der Waals surface area contributed by atoms with Crippen molar-refractivity contribution >= 4 is 28.7 Å². The molecule has 3 rings (SSSR count). The fourth-order valence-corrected chi connectivity index (χ4v) is 3.92. The average Bonchev–Trinajstić information content (AvgIpc) is 3.05. The molecule has 8 heteroatoms. The SMILES string of the molecule is CC(C)(C(=O)O)[C@H](NC(=O)c1nn(CC2CCCCC2)c2ccccc12)C(=O)O. The Balaban J connectivity index is 1.91. The van der Waals surface area contributed by atoms with Crippen LogP contribution in [0.4, 0.5) is 0 Å². The predicted octanol–water partition coefficient (Wildman–Crippen LogP) is 2.91. The smallest absolute Gasteiger partial charge is 0.327 e. The van der Waals surface area contributed by atoms with Crippen molar-refractivity contribution in [3.8, 4) is 0 Å². The number of nitrogens with zero attached hydrogens (tertiary/aromatic N) is 2. The van der Waals surface area contributed by atoms with E-state index in [4.69, 9.17) is 0 Å². The number of carbonyl (C=O) groups is 3. The third-order valence-electron chi connectivity index (χ3n) is 5.82. The molecule has 1 aliphatic carbocycles. The van der Waals surface area contributed by atoms with E-state index in [-0.39, 0.29) is 5.69 Å². The molecule has 29 heavy (non-hydrogen) atoms. The molecule has 1 fully saturated rings. The van der Waals surface area contributed by atoms with Gasteiger partial charge in [-0.3, -0.25) is 14.3 Å². The molecular weight excluding hydrogens is 374 g/mol. The van der Waals surface area contributed by atoms with Crippen LogP contribution in [0.25, 0.3) is 10.9 Å². The van der Waals surface area contributed by atoms with Gasteiger partial charge in [-0.2, -0.15) is 5.10 Å². The normalized spacial score (nSPS) is 16.5. The lowest BCUT2D eigenvalue weighted by molar-refractivity contribution is -0.156. The van der Waals surface area contributed by atoms with E-state index in [1.165, 1.54) is 33.1 Å². The topological polar surface area (TPSA) is 122 Å². The largest absolute Gasteiger partial charge is 0.481 e. The highest BCUT2D eigenvalue weighted by Gasteiger charge is 2.43. The Bertz CT molecular complexity index is 928. The lowest BCUT2D eigenvalue weighted by atomic mass is 9.84. The molecule has 1 saturated carbocycles. The van der Waals surface area contributed by atoms with Crippen LogP contribution in [0.5, 0.6) is 0 Å². The summed E-state index contributed by atoms with van der Waals surface area (Å²) in [5.41, 5.74) is -0.751. The summed E-state index contributed by atoms with van der Waals surface area (Å²) in [4.78, 5) is 36.0. The highest BCUT2D eigenvalue weighted by atomic mass is 16.4. The number of hydrogen-bond donors (Lipinski definition) is 3. The molecule has 1 atom stereocenters. The summed E-state index contributed by atoms with van der Waals surface area (Å²) in [7, 11) is 0. The average molecular weight is 401 g/mol. The third kappa shape index (κ3) is 4.26. The first-order chi connectivity index (χ1) is 13.7. The van der Waals surface area contributed by atoms with Crippen molar-refractivity contribution in [3.63, 3.8) is 0 Å². The molecule has 0 aliphatic heterocycles. The number of amides is 1. The number of aliphatic carboxylic acids is 2. The van der Waals surface area contributed by atoms with Crippen LogP contribution < -0.4 is 5.32 Å². The summed E-state index contributed by atoms with van der Waals surface area (Å²) in [6, 6.07) is 5.73. The van der Waals surface area contributed by atoms with E-state index < -0.39 is 29.3 Å². The molecule has 0 unspecified atom stereocenters. The number of benzene rings is 1. The van der Waals surface area contributed by atoms with Crippen LogP contribution in [0.2, 0.25) is 0 Å². The van der Waals surface area contributed by atoms with Gasteiger partial charge in [-0.05, 0) is 38.7 Å². The summed E-state index contributed by atoms with van der Waals surface area (Å²) in [6.45, 7) is 3.25. The van der Waals surface area contributed by atoms with Crippen molar-refractivity contribution < 1.29 is 24.6 Å². The van der Waals surface area contributed by atoms with Crippen molar-refractivity contribution in [2.75, 3.05) is 0 Å². The molecule has 1 aliphatic rings. The van der Waals surface area contributed by atoms with Crippen molar-refractivity contribution in [1.82, 2.24) is 15.1 Å². The Hall–Kier alpha value is -2.90. The number of fused-ring (bicyclic) bond motifs is 1. The lowest BCUT2D eigenvalue weighted by Gasteiger charge is -2.27. The summed E-state index contributed by atoms with van der Waals surface area (Å²) in [5, 5.41) is 26.3. The number of aromatic nitrogens is 2. The highest BCUT2D eigenvalue weighted by molar-refractivity contribution is 6.06. The van der Waals surface area contributed by atoms with Crippen molar-refractivity contribution in [1.29, 1.82) is 0 Å². The molecule has 8 nitrogen and oxygen atoms in total. The molecule has 0 spiro atoms. The zero-order valence-corrected chi connectivity index (χ0v) is 16.7. The molecular formula is C21H27N3O5. The van der Waals surface area contributed by atoms with Gasteiger partial charge in [0.2, 0.25) is 0 Å². The Kier molecular flexibility index (Phi) is 5.91. The van der Waals surface area contributed by atoms with E-state index in [0.717, 1.165) is 18.4 Å². The van der Waals surface area contributed by atoms with Crippen LogP contribution >= 0.6 is 0 Å². The van der Waals surface area contributed by atoms with Gasteiger partial charge in [0.15, 0.2) is 5.69 Å². The third-order valence-corrected chi connectivity index (χ3v) is 5.82. The molecule has 1 amide bonds. The second-order valence-corrected chi connectivity index (χ2v) is 8.32. The van der Waals surface area contributed by atoms with Gasteiger partial charge in [-0.25, -0.2) is 4.79 Å². The van der Waals surface area contributed by atoms with E-state index in [1.54, 1.807) is 12.1 Å². The van der Waals surface area contributed by atoms with Gasteiger partial charge in [0, 0.05) is 11.9 Å². The highest BCUT2D eigenvalue weighted by Crippen LogP contribution is 2.28. The molecule has 1 aromatic heterocycles. The zero-order chi connectivity index (χ0) is 21.2. The Labute approximate surface area is 168 Å². The van der Waals surface area contributed by atoms with Crippen LogP contribution in [0.1, 0.15) is 56.4 Å². The Morgan fingerprint density at radius 1 is 1.17 bits per heavy atom. The maximum atomic E-state index is 12.9. The van der Waals surface area contributed by atoms with Gasteiger partial charge in [-0.1, -0.05) is 37.5 Å².